The monoisotopic (exact) mass is 582 g/mol. The fourth-order valence-corrected chi connectivity index (χ4v) is 3.24. The number of rotatable bonds is 11. The normalized spacial score (nSPS) is 9.55. The van der Waals surface area contributed by atoms with Gasteiger partial charge in [0.1, 0.15) is 0 Å². The molecule has 0 fully saturated rings. The molecule has 14 nitrogen and oxygen atoms in total. The van der Waals surface area contributed by atoms with E-state index in [4.69, 9.17) is 5.26 Å². The highest BCUT2D eigenvalue weighted by Gasteiger charge is 2.34. The Kier molecular flexibility index (Phi) is 16.8. The van der Waals surface area contributed by atoms with E-state index in [1.807, 2.05) is 6.07 Å². The Morgan fingerprint density at radius 3 is 1.55 bits per heavy atom. The van der Waals surface area contributed by atoms with E-state index in [0.717, 1.165) is 11.6 Å². The lowest BCUT2D eigenvalue weighted by Gasteiger charge is -2.26. The van der Waals surface area contributed by atoms with Gasteiger partial charge in [0.25, 0.3) is 11.4 Å². The van der Waals surface area contributed by atoms with Gasteiger partial charge in [-0.25, -0.2) is 4.79 Å². The molecule has 0 aliphatic carbocycles. The molecular formula is C28H30N4O10. The summed E-state index contributed by atoms with van der Waals surface area (Å²) in [6, 6.07) is 15.6. The first-order chi connectivity index (χ1) is 19.9. The second-order valence-corrected chi connectivity index (χ2v) is 8.14. The zero-order valence-electron chi connectivity index (χ0n) is 23.3. The van der Waals surface area contributed by atoms with Crippen LogP contribution in [0, 0.1) is 42.9 Å². The molecule has 0 saturated carbocycles. The molecule has 0 spiro atoms. The summed E-state index contributed by atoms with van der Waals surface area (Å²) < 4.78 is 13.3. The summed E-state index contributed by atoms with van der Waals surface area (Å²) >= 11 is 0. The van der Waals surface area contributed by atoms with Crippen molar-refractivity contribution in [2.75, 3.05) is 21.3 Å². The summed E-state index contributed by atoms with van der Waals surface area (Å²) in [5.41, 5.74) is 0.104. The Bertz CT molecular complexity index is 1290. The minimum absolute atomic E-state index is 0.0117. The highest BCUT2D eigenvalue weighted by molar-refractivity contribution is 5.80. The van der Waals surface area contributed by atoms with Crippen molar-refractivity contribution in [3.8, 4) is 12.1 Å². The van der Waals surface area contributed by atoms with Gasteiger partial charge in [-0.15, -0.1) is 0 Å². The smallest absolute Gasteiger partial charge is 0.329 e. The quantitative estimate of drug-likeness (QED) is 0.119. The van der Waals surface area contributed by atoms with Crippen molar-refractivity contribution < 1.29 is 38.4 Å². The molecule has 0 radical (unpaired) electrons. The Balaban J connectivity index is 0.000000768. The fourth-order valence-electron chi connectivity index (χ4n) is 3.24. The predicted octanol–water partition coefficient (Wildman–Crippen LogP) is 4.27. The number of benzene rings is 2. The summed E-state index contributed by atoms with van der Waals surface area (Å²) in [7, 11) is 3.80. The van der Waals surface area contributed by atoms with Crippen LogP contribution in [0.15, 0.2) is 61.2 Å². The van der Waals surface area contributed by atoms with Gasteiger partial charge in [0.05, 0.1) is 55.2 Å². The number of ether oxygens (including phenoxy) is 3. The second-order valence-electron chi connectivity index (χ2n) is 8.14. The van der Waals surface area contributed by atoms with Crippen LogP contribution in [-0.2, 0) is 40.4 Å². The van der Waals surface area contributed by atoms with Gasteiger partial charge in [-0.1, -0.05) is 30.8 Å². The van der Waals surface area contributed by atoms with Gasteiger partial charge in [0, 0.05) is 43.2 Å². The third-order valence-electron chi connectivity index (χ3n) is 5.61. The van der Waals surface area contributed by atoms with Crippen LogP contribution in [0.25, 0.3) is 0 Å². The minimum atomic E-state index is -1.14. The number of nitro groups is 2. The Morgan fingerprint density at radius 2 is 1.26 bits per heavy atom. The number of hydrogen-bond acceptors (Lipinski definition) is 12. The molecule has 0 aromatic heterocycles. The van der Waals surface area contributed by atoms with Crippen LogP contribution >= 0.6 is 0 Å². The standard InChI is InChI=1S/C16H18N2O6.C8H6N2O2.C4H6O2/c1-23-14(19)7-9-16(11-17,10-8-15(20)24-2)12-3-5-13(6-4-12)18(21)22;9-6-5-7-1-3-8(4-2-7)10(11)12;1-3-4(5)6-2/h3-6H,7-10H2,1-2H3;1-4H,5H2;3H,1H2,2H3. The van der Waals surface area contributed by atoms with E-state index in [-0.39, 0.29) is 43.5 Å². The van der Waals surface area contributed by atoms with Crippen molar-refractivity contribution in [1.82, 2.24) is 0 Å². The number of nitrogens with zero attached hydrogens (tertiary/aromatic N) is 4. The van der Waals surface area contributed by atoms with Gasteiger partial charge in [-0.3, -0.25) is 29.8 Å². The van der Waals surface area contributed by atoms with E-state index < -0.39 is 33.2 Å². The van der Waals surface area contributed by atoms with Crippen LogP contribution in [0.4, 0.5) is 11.4 Å². The topological polar surface area (TPSA) is 213 Å². The maximum Gasteiger partial charge on any atom is 0.329 e. The lowest BCUT2D eigenvalue weighted by atomic mass is 9.74. The molecule has 2 rings (SSSR count). The van der Waals surface area contributed by atoms with E-state index in [2.05, 4.69) is 26.9 Å². The van der Waals surface area contributed by atoms with E-state index in [1.165, 1.54) is 57.7 Å². The molecule has 42 heavy (non-hydrogen) atoms. The van der Waals surface area contributed by atoms with Crippen LogP contribution < -0.4 is 0 Å². The van der Waals surface area contributed by atoms with Crippen LogP contribution in [-0.4, -0.2) is 49.1 Å². The molecule has 2 aromatic rings. The number of nitriles is 2. The first kappa shape index (κ1) is 36.4. The number of hydrogen-bond donors (Lipinski definition) is 0. The molecule has 0 bridgehead atoms. The zero-order valence-corrected chi connectivity index (χ0v) is 23.3. The minimum Gasteiger partial charge on any atom is -0.469 e. The summed E-state index contributed by atoms with van der Waals surface area (Å²) in [5.74, 6) is -1.35. The van der Waals surface area contributed by atoms with Crippen LogP contribution in [0.1, 0.15) is 36.8 Å². The highest BCUT2D eigenvalue weighted by atomic mass is 16.6. The molecule has 0 heterocycles. The average molecular weight is 583 g/mol. The molecule has 0 amide bonds. The van der Waals surface area contributed by atoms with Crippen molar-refractivity contribution in [2.45, 2.75) is 37.5 Å². The van der Waals surface area contributed by atoms with Crippen molar-refractivity contribution in [1.29, 1.82) is 10.5 Å². The van der Waals surface area contributed by atoms with Crippen LogP contribution in [0.5, 0.6) is 0 Å². The summed E-state index contributed by atoms with van der Waals surface area (Å²) in [6.45, 7) is 3.16. The average Bonchev–Trinajstić information content (AvgIpc) is 3.01. The largest absolute Gasteiger partial charge is 0.469 e. The van der Waals surface area contributed by atoms with Gasteiger partial charge >= 0.3 is 17.9 Å². The van der Waals surface area contributed by atoms with E-state index in [0.29, 0.717) is 5.56 Å². The lowest BCUT2D eigenvalue weighted by Crippen LogP contribution is -2.27. The first-order valence-electron chi connectivity index (χ1n) is 12.0. The lowest BCUT2D eigenvalue weighted by molar-refractivity contribution is -0.385. The molecule has 0 unspecified atom stereocenters. The fraction of sp³-hybridized carbons (Fsp3) is 0.321. The molecule has 0 aliphatic rings. The molecular weight excluding hydrogens is 552 g/mol. The molecule has 0 aliphatic heterocycles. The number of carbonyl (C=O) groups excluding carboxylic acids is 3. The van der Waals surface area contributed by atoms with Crippen molar-refractivity contribution in [2.24, 2.45) is 0 Å². The molecule has 0 N–H and O–H groups in total. The third kappa shape index (κ3) is 12.9. The van der Waals surface area contributed by atoms with Crippen LogP contribution in [0.2, 0.25) is 0 Å². The predicted molar refractivity (Wildman–Crippen MR) is 148 cm³/mol. The number of non-ortho nitro benzene ring substituents is 2. The Labute approximate surface area is 242 Å². The Hall–Kier alpha value is -5.63. The van der Waals surface area contributed by atoms with E-state index in [1.54, 1.807) is 12.1 Å². The number of methoxy groups -OCH3 is 3. The number of esters is 3. The van der Waals surface area contributed by atoms with Crippen molar-refractivity contribution >= 4 is 29.3 Å². The van der Waals surface area contributed by atoms with Crippen LogP contribution in [0.3, 0.4) is 0 Å². The molecule has 2 aromatic carbocycles. The number of carbonyl (C=O) groups is 3. The van der Waals surface area contributed by atoms with Gasteiger partial charge in [0.2, 0.25) is 0 Å². The van der Waals surface area contributed by atoms with Crippen molar-refractivity contribution in [3.05, 3.63) is 92.5 Å². The third-order valence-corrected chi connectivity index (χ3v) is 5.61. The maximum absolute atomic E-state index is 11.4. The van der Waals surface area contributed by atoms with E-state index >= 15 is 0 Å². The zero-order chi connectivity index (χ0) is 32.1. The number of nitro benzene ring substituents is 2. The van der Waals surface area contributed by atoms with Gasteiger partial charge in [-0.05, 0) is 24.0 Å². The van der Waals surface area contributed by atoms with Crippen molar-refractivity contribution in [3.63, 3.8) is 0 Å². The second kappa shape index (κ2) is 19.4. The summed E-state index contributed by atoms with van der Waals surface area (Å²) in [4.78, 5) is 52.7. The maximum atomic E-state index is 11.4. The van der Waals surface area contributed by atoms with Gasteiger partial charge in [-0.2, -0.15) is 10.5 Å². The molecule has 14 heteroatoms. The summed E-state index contributed by atoms with van der Waals surface area (Å²) in [6.07, 6.45) is 1.64. The first-order valence-corrected chi connectivity index (χ1v) is 12.0. The molecule has 0 saturated heterocycles. The van der Waals surface area contributed by atoms with E-state index in [9.17, 15) is 39.9 Å². The SMILES string of the molecule is C=CC(=O)OC.COC(=O)CCC(C#N)(CCC(=O)OC)c1ccc([N+](=O)[O-])cc1.N#CCc1ccc([N+](=O)[O-])cc1. The van der Waals surface area contributed by atoms with Gasteiger partial charge < -0.3 is 14.2 Å². The van der Waals surface area contributed by atoms with Gasteiger partial charge in [0.15, 0.2) is 0 Å². The highest BCUT2D eigenvalue weighted by Crippen LogP contribution is 2.35. The summed E-state index contributed by atoms with van der Waals surface area (Å²) in [5, 5.41) is 39.0. The Morgan fingerprint density at radius 1 is 0.833 bits per heavy atom. The molecule has 222 valence electrons. The molecule has 0 atom stereocenters.